The van der Waals surface area contributed by atoms with E-state index in [9.17, 15) is 14.3 Å². The van der Waals surface area contributed by atoms with Gasteiger partial charge in [-0.3, -0.25) is 4.79 Å². The quantitative estimate of drug-likeness (QED) is 0.841. The molecule has 0 spiro atoms. The lowest BCUT2D eigenvalue weighted by molar-refractivity contribution is 0.0587. The van der Waals surface area contributed by atoms with Gasteiger partial charge in [0.25, 0.3) is 5.91 Å². The van der Waals surface area contributed by atoms with Crippen molar-refractivity contribution < 1.29 is 19.0 Å². The Morgan fingerprint density at radius 2 is 2.26 bits per heavy atom. The minimum absolute atomic E-state index is 0.0676. The van der Waals surface area contributed by atoms with Crippen LogP contribution in [0.25, 0.3) is 0 Å². The molecule has 1 rings (SSSR count). The van der Waals surface area contributed by atoms with Crippen LogP contribution in [0.15, 0.2) is 12.1 Å². The van der Waals surface area contributed by atoms with Gasteiger partial charge < -0.3 is 15.2 Å². The summed E-state index contributed by atoms with van der Waals surface area (Å²) in [6.45, 7) is 2.06. The number of aliphatic hydroxyl groups excluding tert-OH is 1. The fourth-order valence-electron chi connectivity index (χ4n) is 1.55. The molecule has 0 saturated carbocycles. The van der Waals surface area contributed by atoms with E-state index in [1.165, 1.54) is 13.2 Å². The molecule has 1 unspecified atom stereocenters. The van der Waals surface area contributed by atoms with Gasteiger partial charge in [-0.2, -0.15) is 0 Å². The van der Waals surface area contributed by atoms with Gasteiger partial charge in [0.05, 0.1) is 23.3 Å². The molecule has 0 aliphatic heterocycles. The Bertz CT molecular complexity index is 454. The molecule has 1 amide bonds. The summed E-state index contributed by atoms with van der Waals surface area (Å²) >= 11 is 5.82. The zero-order valence-corrected chi connectivity index (χ0v) is 11.6. The van der Waals surface area contributed by atoms with Gasteiger partial charge in [0.1, 0.15) is 5.82 Å². The van der Waals surface area contributed by atoms with E-state index in [-0.39, 0.29) is 23.7 Å². The molecular weight excluding hydrogens is 273 g/mol. The van der Waals surface area contributed by atoms with Crippen LogP contribution in [0.4, 0.5) is 4.39 Å². The lowest BCUT2D eigenvalue weighted by Gasteiger charge is -2.11. The lowest BCUT2D eigenvalue weighted by atomic mass is 10.1. The molecule has 0 aromatic heterocycles. The Kier molecular flexibility index (Phi) is 6.21. The predicted octanol–water partition coefficient (Wildman–Crippen LogP) is 1.91. The average molecular weight is 290 g/mol. The van der Waals surface area contributed by atoms with Crippen LogP contribution in [-0.4, -0.2) is 37.4 Å². The van der Waals surface area contributed by atoms with Gasteiger partial charge in [0.15, 0.2) is 0 Å². The highest BCUT2D eigenvalue weighted by atomic mass is 35.5. The fraction of sp³-hybridized carbons (Fsp3) is 0.462. The van der Waals surface area contributed by atoms with Crippen LogP contribution in [0.3, 0.4) is 0 Å². The molecule has 6 heteroatoms. The van der Waals surface area contributed by atoms with Gasteiger partial charge in [0.2, 0.25) is 0 Å². The first-order valence-electron chi connectivity index (χ1n) is 5.86. The number of amides is 1. The van der Waals surface area contributed by atoms with Crippen molar-refractivity contribution in [3.05, 3.63) is 34.1 Å². The first kappa shape index (κ1) is 15.9. The van der Waals surface area contributed by atoms with Crippen molar-refractivity contribution in [3.8, 4) is 0 Å². The van der Waals surface area contributed by atoms with Gasteiger partial charge >= 0.3 is 0 Å². The third-order valence-corrected chi connectivity index (χ3v) is 2.93. The van der Waals surface area contributed by atoms with Crippen molar-refractivity contribution in [1.82, 2.24) is 5.32 Å². The standard InChI is InChI=1S/C13H17ClFNO3/c1-8-5-10(11(14)6-12(8)15)13(18)16-4-3-9(17)7-19-2/h5-6,9,17H,3-4,7H2,1-2H3,(H,16,18). The lowest BCUT2D eigenvalue weighted by Crippen LogP contribution is -2.28. The number of rotatable bonds is 6. The average Bonchev–Trinajstić information content (AvgIpc) is 2.34. The summed E-state index contributed by atoms with van der Waals surface area (Å²) in [5.41, 5.74) is 0.579. The van der Waals surface area contributed by atoms with Crippen molar-refractivity contribution in [2.45, 2.75) is 19.4 Å². The van der Waals surface area contributed by atoms with E-state index in [4.69, 9.17) is 16.3 Å². The zero-order chi connectivity index (χ0) is 14.4. The summed E-state index contributed by atoms with van der Waals surface area (Å²) in [6.07, 6.45) is -0.257. The monoisotopic (exact) mass is 289 g/mol. The normalized spacial score (nSPS) is 12.3. The van der Waals surface area contributed by atoms with E-state index < -0.39 is 17.8 Å². The van der Waals surface area contributed by atoms with Gasteiger partial charge in [-0.15, -0.1) is 0 Å². The van der Waals surface area contributed by atoms with Crippen molar-refractivity contribution in [1.29, 1.82) is 0 Å². The molecular formula is C13H17ClFNO3. The van der Waals surface area contributed by atoms with Gasteiger partial charge in [-0.1, -0.05) is 11.6 Å². The number of nitrogens with one attached hydrogen (secondary N) is 1. The molecule has 106 valence electrons. The largest absolute Gasteiger partial charge is 0.391 e. The van der Waals surface area contributed by atoms with E-state index in [1.54, 1.807) is 6.92 Å². The Labute approximate surface area is 116 Å². The van der Waals surface area contributed by atoms with Crippen LogP contribution in [0.1, 0.15) is 22.3 Å². The molecule has 0 fully saturated rings. The van der Waals surface area contributed by atoms with E-state index in [1.807, 2.05) is 0 Å². The van der Waals surface area contributed by atoms with Gasteiger partial charge in [0, 0.05) is 13.7 Å². The number of aliphatic hydroxyl groups is 1. The fourth-order valence-corrected chi connectivity index (χ4v) is 1.79. The summed E-state index contributed by atoms with van der Waals surface area (Å²) < 4.78 is 18.0. The number of methoxy groups -OCH3 is 1. The van der Waals surface area contributed by atoms with Crippen LogP contribution >= 0.6 is 11.6 Å². The number of carbonyl (C=O) groups excluding carboxylic acids is 1. The second kappa shape index (κ2) is 7.43. The summed E-state index contributed by atoms with van der Waals surface area (Å²) in [6, 6.07) is 2.52. The Hall–Kier alpha value is -1.17. The molecule has 1 atom stereocenters. The van der Waals surface area contributed by atoms with Crippen molar-refractivity contribution in [2.75, 3.05) is 20.3 Å². The highest BCUT2D eigenvalue weighted by Crippen LogP contribution is 2.20. The molecule has 0 bridgehead atoms. The minimum Gasteiger partial charge on any atom is -0.391 e. The second-order valence-electron chi connectivity index (χ2n) is 4.23. The van der Waals surface area contributed by atoms with Crippen LogP contribution < -0.4 is 5.32 Å². The summed E-state index contributed by atoms with van der Waals surface area (Å²) in [5, 5.41) is 12.1. The first-order chi connectivity index (χ1) is 8.95. The van der Waals surface area contributed by atoms with E-state index in [0.717, 1.165) is 6.07 Å². The smallest absolute Gasteiger partial charge is 0.252 e. The molecule has 0 radical (unpaired) electrons. The number of carbonyl (C=O) groups is 1. The predicted molar refractivity (Wildman–Crippen MR) is 71.0 cm³/mol. The number of hydrogen-bond donors (Lipinski definition) is 2. The summed E-state index contributed by atoms with van der Waals surface area (Å²) in [5.74, 6) is -0.838. The van der Waals surface area contributed by atoms with Gasteiger partial charge in [-0.25, -0.2) is 4.39 Å². The van der Waals surface area contributed by atoms with Crippen LogP contribution in [0, 0.1) is 12.7 Å². The maximum atomic E-state index is 13.2. The molecule has 19 heavy (non-hydrogen) atoms. The number of benzene rings is 1. The molecule has 1 aromatic carbocycles. The van der Waals surface area contributed by atoms with Crippen molar-refractivity contribution >= 4 is 17.5 Å². The highest BCUT2D eigenvalue weighted by Gasteiger charge is 2.13. The van der Waals surface area contributed by atoms with Crippen LogP contribution in [0.5, 0.6) is 0 Å². The van der Waals surface area contributed by atoms with E-state index >= 15 is 0 Å². The van der Waals surface area contributed by atoms with Crippen molar-refractivity contribution in [3.63, 3.8) is 0 Å². The maximum Gasteiger partial charge on any atom is 0.252 e. The molecule has 2 N–H and O–H groups in total. The maximum absolute atomic E-state index is 13.2. The number of ether oxygens (including phenoxy) is 1. The Morgan fingerprint density at radius 3 is 2.89 bits per heavy atom. The SMILES string of the molecule is COCC(O)CCNC(=O)c1cc(C)c(F)cc1Cl. The van der Waals surface area contributed by atoms with Crippen molar-refractivity contribution in [2.24, 2.45) is 0 Å². The van der Waals surface area contributed by atoms with Crippen LogP contribution in [0.2, 0.25) is 5.02 Å². The molecule has 0 saturated heterocycles. The topological polar surface area (TPSA) is 58.6 Å². The summed E-state index contributed by atoms with van der Waals surface area (Å²) in [4.78, 5) is 11.8. The first-order valence-corrected chi connectivity index (χ1v) is 6.24. The third kappa shape index (κ3) is 4.78. The van der Waals surface area contributed by atoms with E-state index in [2.05, 4.69) is 5.32 Å². The molecule has 0 aliphatic rings. The number of hydrogen-bond acceptors (Lipinski definition) is 3. The number of aryl methyl sites for hydroxylation is 1. The van der Waals surface area contributed by atoms with Crippen LogP contribution in [-0.2, 0) is 4.74 Å². The third-order valence-electron chi connectivity index (χ3n) is 2.62. The molecule has 1 aromatic rings. The second-order valence-corrected chi connectivity index (χ2v) is 4.64. The highest BCUT2D eigenvalue weighted by molar-refractivity contribution is 6.33. The summed E-state index contributed by atoms with van der Waals surface area (Å²) in [7, 11) is 1.49. The zero-order valence-electron chi connectivity index (χ0n) is 10.9. The molecule has 4 nitrogen and oxygen atoms in total. The Morgan fingerprint density at radius 1 is 1.58 bits per heavy atom. The van der Waals surface area contributed by atoms with E-state index in [0.29, 0.717) is 12.0 Å². The van der Waals surface area contributed by atoms with Gasteiger partial charge in [-0.05, 0) is 31.0 Å². The number of halogens is 2. The Balaban J connectivity index is 2.57. The minimum atomic E-state index is -0.629. The molecule has 0 aliphatic carbocycles. The molecule has 0 heterocycles.